The third-order valence-corrected chi connectivity index (χ3v) is 7.11. The van der Waals surface area contributed by atoms with Crippen LogP contribution >= 0.6 is 0 Å². The van der Waals surface area contributed by atoms with Gasteiger partial charge < -0.3 is 23.7 Å². The topological polar surface area (TPSA) is 138 Å². The first-order chi connectivity index (χ1) is 22.1. The van der Waals surface area contributed by atoms with Crippen LogP contribution < -0.4 is 4.74 Å². The molecule has 4 unspecified atom stereocenters. The van der Waals surface area contributed by atoms with Gasteiger partial charge in [0.1, 0.15) is 42.6 Å². The molecule has 0 saturated carbocycles. The third-order valence-electron chi connectivity index (χ3n) is 7.11. The summed E-state index contributed by atoms with van der Waals surface area (Å²) in [7, 11) is 1.46. The van der Waals surface area contributed by atoms with Crippen molar-refractivity contribution in [2.75, 3.05) is 13.7 Å². The number of nitrogens with zero attached hydrogens (tertiary/aromatic N) is 1. The Morgan fingerprint density at radius 2 is 1.22 bits per heavy atom. The summed E-state index contributed by atoms with van der Waals surface area (Å²) in [6.07, 6.45) is 9.31. The number of carbonyl (C=O) groups excluding carboxylic acids is 4. The van der Waals surface area contributed by atoms with Crippen LogP contribution in [0.3, 0.4) is 0 Å². The monoisotopic (exact) mass is 772 g/mol. The van der Waals surface area contributed by atoms with E-state index in [1.807, 2.05) is 19.1 Å². The quantitative estimate of drug-likeness (QED) is 0.0408. The Morgan fingerprint density at radius 1 is 0.685 bits per heavy atom. The Bertz CT molecular complexity index is 1110. The molecule has 4 atom stereocenters. The highest BCUT2D eigenvalue weighted by Gasteiger charge is 2.24. The van der Waals surface area contributed by atoms with Crippen LogP contribution in [0.15, 0.2) is 36.4 Å². The highest BCUT2D eigenvalue weighted by atomic mass is 16.6. The van der Waals surface area contributed by atoms with E-state index in [0.29, 0.717) is 24.2 Å². The summed E-state index contributed by atoms with van der Waals surface area (Å²) < 4.78 is 27.6. The van der Waals surface area contributed by atoms with Gasteiger partial charge in [0.2, 0.25) is 0 Å². The molecule has 0 fully saturated rings. The molecule has 10 heteroatoms. The predicted molar refractivity (Wildman–Crippen MR) is 228 cm³/mol. The zero-order chi connectivity index (χ0) is 34.2. The van der Waals surface area contributed by atoms with Crippen molar-refractivity contribution in [1.82, 2.24) is 0 Å². The lowest BCUT2D eigenvalue weighted by molar-refractivity contribution is -0.161. The number of ether oxygens (including phenoxy) is 5. The summed E-state index contributed by atoms with van der Waals surface area (Å²) in [4.78, 5) is 49.8. The molecule has 0 heterocycles. The largest absolute Gasteiger partial charge is 0.491 e. The van der Waals surface area contributed by atoms with E-state index >= 15 is 0 Å². The van der Waals surface area contributed by atoms with Gasteiger partial charge in [-0.25, -0.2) is 0 Å². The molecule has 0 N–H and O–H groups in total. The molecule has 0 aliphatic carbocycles. The maximum absolute atomic E-state index is 12.8. The SMILES string of the molecule is C.C.C.C.C.C.C.C.CCCCCCC=CCC(CC(C)=O)OC(=O)CC(CCCC)OC(=O)CC(C)OC(=O)CC(COc1ccc(C#N)cc1)OC. The van der Waals surface area contributed by atoms with Crippen LogP contribution in [0.5, 0.6) is 5.75 Å². The molecule has 0 aromatic heterocycles. The van der Waals surface area contributed by atoms with E-state index in [-0.39, 0.29) is 97.5 Å². The summed E-state index contributed by atoms with van der Waals surface area (Å²) in [6, 6.07) is 8.60. The van der Waals surface area contributed by atoms with Crippen LogP contribution in [0.2, 0.25) is 0 Å². The zero-order valence-electron chi connectivity index (χ0n) is 28.3. The molecule has 0 bridgehead atoms. The number of hydrogen-bond donors (Lipinski definition) is 0. The molecule has 1 aromatic carbocycles. The van der Waals surface area contributed by atoms with E-state index in [4.69, 9.17) is 28.9 Å². The number of carbonyl (C=O) groups is 4. The van der Waals surface area contributed by atoms with Gasteiger partial charge in [0.05, 0.1) is 30.9 Å². The zero-order valence-corrected chi connectivity index (χ0v) is 28.3. The highest BCUT2D eigenvalue weighted by molar-refractivity contribution is 5.77. The number of rotatable bonds is 25. The lowest BCUT2D eigenvalue weighted by Crippen LogP contribution is -2.29. The van der Waals surface area contributed by atoms with Crippen LogP contribution in [0.25, 0.3) is 0 Å². The second kappa shape index (κ2) is 42.0. The molecule has 0 saturated heterocycles. The lowest BCUT2D eigenvalue weighted by atomic mass is 10.1. The summed E-state index contributed by atoms with van der Waals surface area (Å²) in [6.45, 7) is 7.31. The average Bonchev–Trinajstić information content (AvgIpc) is 3.01. The number of allylic oxidation sites excluding steroid dienone is 1. The fourth-order valence-corrected chi connectivity index (χ4v) is 4.60. The van der Waals surface area contributed by atoms with E-state index < -0.39 is 42.3 Å². The van der Waals surface area contributed by atoms with Crippen molar-refractivity contribution in [3.05, 3.63) is 42.0 Å². The summed E-state index contributed by atoms with van der Waals surface area (Å²) in [5, 5.41) is 8.91. The third kappa shape index (κ3) is 34.1. The molecule has 320 valence electrons. The fourth-order valence-electron chi connectivity index (χ4n) is 4.60. The van der Waals surface area contributed by atoms with Crippen molar-refractivity contribution in [2.45, 2.75) is 195 Å². The Labute approximate surface area is 333 Å². The van der Waals surface area contributed by atoms with Gasteiger partial charge in [-0.2, -0.15) is 5.26 Å². The van der Waals surface area contributed by atoms with Gasteiger partial charge in [0.25, 0.3) is 0 Å². The lowest BCUT2D eigenvalue weighted by Gasteiger charge is -2.21. The minimum atomic E-state index is -0.760. The van der Waals surface area contributed by atoms with Crippen molar-refractivity contribution in [3.63, 3.8) is 0 Å². The second-order valence-corrected chi connectivity index (χ2v) is 11.5. The molecule has 1 aromatic rings. The first kappa shape index (κ1) is 68.3. The molecule has 0 amide bonds. The number of Topliss-reactive ketones (excluding diaryl/α,β-unsaturated/α-hetero) is 1. The van der Waals surface area contributed by atoms with Crippen molar-refractivity contribution >= 4 is 23.7 Å². The van der Waals surface area contributed by atoms with Gasteiger partial charge in [-0.1, -0.05) is 118 Å². The minimum absolute atomic E-state index is 0. The predicted octanol–water partition coefficient (Wildman–Crippen LogP) is 12.1. The molecule has 54 heavy (non-hydrogen) atoms. The number of benzene rings is 1. The van der Waals surface area contributed by atoms with E-state index in [9.17, 15) is 19.2 Å². The van der Waals surface area contributed by atoms with E-state index in [0.717, 1.165) is 25.7 Å². The van der Waals surface area contributed by atoms with Crippen molar-refractivity contribution in [1.29, 1.82) is 5.26 Å². The molecule has 0 aliphatic rings. The number of unbranched alkanes of at least 4 members (excludes halogenated alkanes) is 5. The summed E-state index contributed by atoms with van der Waals surface area (Å²) in [5.41, 5.74) is 0.508. The van der Waals surface area contributed by atoms with Crippen LogP contribution in [0.1, 0.15) is 176 Å². The van der Waals surface area contributed by atoms with Crippen molar-refractivity contribution in [3.8, 4) is 11.8 Å². The van der Waals surface area contributed by atoms with E-state index in [2.05, 4.69) is 13.0 Å². The molecule has 1 rings (SSSR count). The van der Waals surface area contributed by atoms with Gasteiger partial charge in [-0.05, 0) is 57.4 Å². The number of ketones is 1. The normalized spacial score (nSPS) is 11.6. The average molecular weight is 772 g/mol. The summed E-state index contributed by atoms with van der Waals surface area (Å²) in [5.74, 6) is -1.21. The smallest absolute Gasteiger partial charge is 0.309 e. The van der Waals surface area contributed by atoms with Crippen LogP contribution in [0.4, 0.5) is 0 Å². The molecular weight excluding hydrogens is 686 g/mol. The molecule has 0 aliphatic heterocycles. The van der Waals surface area contributed by atoms with Gasteiger partial charge in [-0.3, -0.25) is 19.2 Å². The van der Waals surface area contributed by atoms with E-state index in [1.165, 1.54) is 33.3 Å². The number of methoxy groups -OCH3 is 1. The number of hydrogen-bond acceptors (Lipinski definition) is 10. The Hall–Kier alpha value is -3.71. The van der Waals surface area contributed by atoms with Crippen LogP contribution in [-0.4, -0.2) is 61.8 Å². The molecular formula is C44H85NO9. The first-order valence-corrected chi connectivity index (χ1v) is 16.5. The standard InChI is InChI=1S/C36H53NO9.8CH4/c1-6-8-10-11-12-13-14-16-31(21-27(3)38)45-36(41)23-32(15-9-7-2)46-34(39)22-28(4)44-35(40)24-33(42-5)26-43-30-19-17-29(25-37)18-20-30;;;;;;;;/h13-14,17-20,28,31-33H,6-12,15-16,21-24,26H2,1-5H3;8*1H4. The number of nitriles is 1. The molecule has 0 radical (unpaired) electrons. The van der Waals surface area contributed by atoms with E-state index in [1.54, 1.807) is 31.2 Å². The Balaban J connectivity index is -0.000000441. The summed E-state index contributed by atoms with van der Waals surface area (Å²) >= 11 is 0. The molecule has 10 nitrogen and oxygen atoms in total. The Morgan fingerprint density at radius 3 is 1.76 bits per heavy atom. The van der Waals surface area contributed by atoms with Crippen molar-refractivity contribution < 1.29 is 42.9 Å². The maximum atomic E-state index is 12.8. The highest BCUT2D eigenvalue weighted by Crippen LogP contribution is 2.17. The minimum Gasteiger partial charge on any atom is -0.491 e. The van der Waals surface area contributed by atoms with Gasteiger partial charge >= 0.3 is 17.9 Å². The maximum Gasteiger partial charge on any atom is 0.309 e. The van der Waals surface area contributed by atoms with Crippen LogP contribution in [-0.2, 0) is 38.1 Å². The first-order valence-electron chi connectivity index (χ1n) is 16.5. The fraction of sp³-hybridized carbons (Fsp3) is 0.705. The van der Waals surface area contributed by atoms with Gasteiger partial charge in [0, 0.05) is 20.0 Å². The van der Waals surface area contributed by atoms with Crippen molar-refractivity contribution in [2.24, 2.45) is 0 Å². The van der Waals surface area contributed by atoms with Gasteiger partial charge in [0.15, 0.2) is 0 Å². The molecule has 0 spiro atoms. The van der Waals surface area contributed by atoms with Crippen LogP contribution in [0, 0.1) is 11.3 Å². The number of esters is 3. The Kier molecular flexibility index (Phi) is 53.2. The second-order valence-electron chi connectivity index (χ2n) is 11.5. The van der Waals surface area contributed by atoms with Gasteiger partial charge in [-0.15, -0.1) is 0 Å².